The van der Waals surface area contributed by atoms with E-state index >= 15 is 0 Å². The Morgan fingerprint density at radius 3 is 2.50 bits per heavy atom. The highest BCUT2D eigenvalue weighted by Crippen LogP contribution is 2.30. The molecule has 12 nitrogen and oxygen atoms in total. The number of urea groups is 1. The molecule has 3 heterocycles. The van der Waals surface area contributed by atoms with Gasteiger partial charge in [0, 0.05) is 45.7 Å². The maximum absolute atomic E-state index is 14.4. The highest BCUT2D eigenvalue weighted by molar-refractivity contribution is 5.91. The molecule has 0 unspecified atom stereocenters. The largest absolute Gasteiger partial charge is 0.508 e. The zero-order chi connectivity index (χ0) is 34.9. The molecule has 3 aromatic carbocycles. The van der Waals surface area contributed by atoms with Gasteiger partial charge < -0.3 is 29.7 Å². The van der Waals surface area contributed by atoms with Crippen molar-refractivity contribution in [3.8, 4) is 11.5 Å². The number of allylic oxidation sites excluding steroid dienone is 1. The molecule has 6 rings (SSSR count). The Kier molecular flexibility index (Phi) is 11.6. The van der Waals surface area contributed by atoms with Crippen LogP contribution in [0.4, 0.5) is 4.79 Å². The Hall–Kier alpha value is -4.91. The van der Waals surface area contributed by atoms with Crippen molar-refractivity contribution in [2.75, 3.05) is 59.1 Å². The first-order chi connectivity index (χ1) is 24.4. The Morgan fingerprint density at radius 2 is 1.74 bits per heavy atom. The highest BCUT2D eigenvalue weighted by atomic mass is 16.5. The first kappa shape index (κ1) is 34.9. The van der Waals surface area contributed by atoms with Crippen molar-refractivity contribution in [1.29, 1.82) is 0 Å². The Balaban J connectivity index is 1.26. The lowest BCUT2D eigenvalue weighted by atomic mass is 9.98. The smallest absolute Gasteiger partial charge is 0.334 e. The Labute approximate surface area is 293 Å². The zero-order valence-electron chi connectivity index (χ0n) is 28.5. The van der Waals surface area contributed by atoms with E-state index in [0.29, 0.717) is 19.7 Å². The summed E-state index contributed by atoms with van der Waals surface area (Å²) in [4.78, 5) is 48.0. The minimum absolute atomic E-state index is 0.0528. The number of rotatable bonds is 12. The summed E-state index contributed by atoms with van der Waals surface area (Å²) in [5.74, 6) is 0.409. The van der Waals surface area contributed by atoms with Gasteiger partial charge in [0.05, 0.1) is 26.3 Å². The van der Waals surface area contributed by atoms with E-state index in [1.165, 1.54) is 0 Å². The summed E-state index contributed by atoms with van der Waals surface area (Å²) in [5, 5.41) is 16.3. The van der Waals surface area contributed by atoms with Gasteiger partial charge in [0.15, 0.2) is 0 Å². The van der Waals surface area contributed by atoms with E-state index in [2.05, 4.69) is 10.2 Å². The molecular weight excluding hydrogens is 636 g/mol. The highest BCUT2D eigenvalue weighted by Gasteiger charge is 2.51. The number of carbonyl (C=O) groups excluding carboxylic acids is 3. The molecular formula is C38H46N6O6. The molecule has 0 bridgehead atoms. The van der Waals surface area contributed by atoms with Crippen LogP contribution in [0, 0.1) is 0 Å². The van der Waals surface area contributed by atoms with Gasteiger partial charge in [-0.2, -0.15) is 0 Å². The number of ether oxygens (including phenoxy) is 2. The molecule has 3 aliphatic heterocycles. The fourth-order valence-electron chi connectivity index (χ4n) is 6.70. The molecule has 3 fully saturated rings. The van der Waals surface area contributed by atoms with E-state index in [1.54, 1.807) is 44.1 Å². The van der Waals surface area contributed by atoms with Crippen molar-refractivity contribution in [3.63, 3.8) is 0 Å². The number of fused-ring (bicyclic) bond motifs is 1. The van der Waals surface area contributed by atoms with Gasteiger partial charge in [0.1, 0.15) is 30.3 Å². The third-order valence-electron chi connectivity index (χ3n) is 9.29. The summed E-state index contributed by atoms with van der Waals surface area (Å²) < 4.78 is 11.5. The lowest BCUT2D eigenvalue weighted by Gasteiger charge is -2.55. The van der Waals surface area contributed by atoms with Crippen LogP contribution < -0.4 is 10.1 Å². The number of piperazine rings is 1. The number of nitrogens with zero attached hydrogens (tertiary/aromatic N) is 5. The first-order valence-electron chi connectivity index (χ1n) is 17.3. The number of nitrogens with one attached hydrogen (secondary N) is 1. The third-order valence-corrected chi connectivity index (χ3v) is 9.29. The van der Waals surface area contributed by atoms with Gasteiger partial charge in [-0.15, -0.1) is 0 Å². The van der Waals surface area contributed by atoms with Gasteiger partial charge in [0.2, 0.25) is 11.8 Å². The molecule has 264 valence electrons. The predicted molar refractivity (Wildman–Crippen MR) is 188 cm³/mol. The minimum Gasteiger partial charge on any atom is -0.508 e. The number of hydrogen-bond donors (Lipinski definition) is 2. The van der Waals surface area contributed by atoms with Crippen LogP contribution in [0.3, 0.4) is 0 Å². The minimum atomic E-state index is -0.855. The number of morpholine rings is 1. The second-order valence-electron chi connectivity index (χ2n) is 12.7. The van der Waals surface area contributed by atoms with Crippen LogP contribution in [0.25, 0.3) is 0 Å². The fraction of sp³-hybridized carbons (Fsp3) is 0.395. The summed E-state index contributed by atoms with van der Waals surface area (Å²) in [6.07, 6.45) is 3.28. The van der Waals surface area contributed by atoms with Crippen LogP contribution in [-0.2, 0) is 33.8 Å². The van der Waals surface area contributed by atoms with E-state index in [-0.39, 0.29) is 49.7 Å². The molecule has 0 spiro atoms. The summed E-state index contributed by atoms with van der Waals surface area (Å²) in [7, 11) is 0. The van der Waals surface area contributed by atoms with Crippen LogP contribution in [-0.4, -0.2) is 119 Å². The van der Waals surface area contributed by atoms with Gasteiger partial charge >= 0.3 is 6.03 Å². The summed E-state index contributed by atoms with van der Waals surface area (Å²) in [5.41, 5.74) is 2.62. The molecule has 0 saturated carbocycles. The molecule has 0 aliphatic carbocycles. The second-order valence-corrected chi connectivity index (χ2v) is 12.7. The average Bonchev–Trinajstić information content (AvgIpc) is 3.13. The van der Waals surface area contributed by atoms with Crippen molar-refractivity contribution in [3.05, 3.63) is 108 Å². The summed E-state index contributed by atoms with van der Waals surface area (Å²) in [6, 6.07) is 22.8. The molecule has 4 amide bonds. The quantitative estimate of drug-likeness (QED) is 0.280. The first-order valence-corrected chi connectivity index (χ1v) is 17.3. The number of aromatic hydroxyl groups is 1. The van der Waals surface area contributed by atoms with E-state index in [9.17, 15) is 19.5 Å². The van der Waals surface area contributed by atoms with Crippen LogP contribution in [0.1, 0.15) is 23.6 Å². The molecule has 50 heavy (non-hydrogen) atoms. The van der Waals surface area contributed by atoms with Crippen LogP contribution in [0.2, 0.25) is 0 Å². The number of hydrogen-bond acceptors (Lipinski definition) is 8. The second kappa shape index (κ2) is 16.7. The molecule has 3 aliphatic rings. The standard InChI is InChI=1S/C38H46N6O6/c1-2-3-16-42-28-36(46)43-34(24-29-12-14-32(45)15-13-29)37(47)41(27-35(43)44(42)38(48)39-25-30-8-5-4-6-9-30)26-31-10-7-11-33(23-31)50-22-19-40-17-20-49-21-18-40/h2-15,23,34-35,45H,16-22,24-28H2,1H3,(H,39,48)/b3-2+/t34-,35-/m0/s1. The summed E-state index contributed by atoms with van der Waals surface area (Å²) >= 11 is 0. The number of amides is 4. The van der Waals surface area contributed by atoms with Crippen molar-refractivity contribution in [2.24, 2.45) is 0 Å². The predicted octanol–water partition coefficient (Wildman–Crippen LogP) is 3.23. The Morgan fingerprint density at radius 1 is 0.980 bits per heavy atom. The van der Waals surface area contributed by atoms with E-state index in [1.807, 2.05) is 73.7 Å². The third kappa shape index (κ3) is 8.62. The van der Waals surface area contributed by atoms with Gasteiger partial charge in [-0.05, 0) is 47.9 Å². The number of hydrazine groups is 1. The fourth-order valence-corrected chi connectivity index (χ4v) is 6.70. The molecule has 0 radical (unpaired) electrons. The Bertz CT molecular complexity index is 1630. The lowest BCUT2D eigenvalue weighted by Crippen LogP contribution is -2.76. The lowest BCUT2D eigenvalue weighted by molar-refractivity contribution is -0.189. The summed E-state index contributed by atoms with van der Waals surface area (Å²) in [6.45, 7) is 7.49. The number of benzene rings is 3. The maximum atomic E-state index is 14.4. The van der Waals surface area contributed by atoms with E-state index in [4.69, 9.17) is 9.47 Å². The van der Waals surface area contributed by atoms with Crippen LogP contribution >= 0.6 is 0 Å². The maximum Gasteiger partial charge on any atom is 0.334 e. The monoisotopic (exact) mass is 682 g/mol. The SMILES string of the molecule is C/C=C/CN1CC(=O)N2[C@@H](Cc3ccc(O)cc3)C(=O)N(Cc3cccc(OCCN4CCOCC4)c3)C[C@@H]2N1C(=O)NCc1ccccc1. The number of phenols is 1. The molecule has 2 N–H and O–H groups in total. The molecule has 2 atom stereocenters. The molecule has 0 aromatic heterocycles. The van der Waals surface area contributed by atoms with Crippen LogP contribution in [0.15, 0.2) is 91.0 Å². The van der Waals surface area contributed by atoms with E-state index < -0.39 is 12.2 Å². The van der Waals surface area contributed by atoms with Gasteiger partial charge in [-0.1, -0.05) is 66.7 Å². The van der Waals surface area contributed by atoms with Crippen LogP contribution in [0.5, 0.6) is 11.5 Å². The normalized spacial score (nSPS) is 20.3. The average molecular weight is 683 g/mol. The van der Waals surface area contributed by atoms with E-state index in [0.717, 1.165) is 55.3 Å². The number of phenolic OH excluding ortho intramolecular Hbond substituents is 1. The topological polar surface area (TPSA) is 118 Å². The van der Waals surface area contributed by atoms with Gasteiger partial charge in [-0.3, -0.25) is 14.5 Å². The molecule has 12 heteroatoms. The van der Waals surface area contributed by atoms with Gasteiger partial charge in [0.25, 0.3) is 0 Å². The van der Waals surface area contributed by atoms with Gasteiger partial charge in [-0.25, -0.2) is 14.8 Å². The van der Waals surface area contributed by atoms with Crippen molar-refractivity contribution in [2.45, 2.75) is 38.6 Å². The molecule has 3 saturated heterocycles. The van der Waals surface area contributed by atoms with Crippen molar-refractivity contribution in [1.82, 2.24) is 30.0 Å². The van der Waals surface area contributed by atoms with Crippen molar-refractivity contribution >= 4 is 17.8 Å². The number of carbonyl (C=O) groups is 3. The molecule has 3 aromatic rings. The van der Waals surface area contributed by atoms with Crippen molar-refractivity contribution < 1.29 is 29.0 Å². The zero-order valence-corrected chi connectivity index (χ0v) is 28.5.